The van der Waals surface area contributed by atoms with Gasteiger partial charge in [-0.15, -0.1) is 0 Å². The van der Waals surface area contributed by atoms with Gasteiger partial charge in [0.25, 0.3) is 0 Å². The van der Waals surface area contributed by atoms with Crippen molar-refractivity contribution in [2.75, 3.05) is 11.0 Å². The van der Waals surface area contributed by atoms with Crippen LogP contribution in [0.4, 0.5) is 0 Å². The van der Waals surface area contributed by atoms with Crippen molar-refractivity contribution in [3.05, 3.63) is 11.6 Å². The molecule has 0 saturated heterocycles. The number of allylic oxidation sites excluding steroid dienone is 2. The Bertz CT molecular complexity index is 220. The fourth-order valence-corrected chi connectivity index (χ4v) is 1.65. The maximum Gasteiger partial charge on any atom is 0.306 e. The first-order valence-corrected chi connectivity index (χ1v) is 7.43. The minimum absolute atomic E-state index is 0.0467. The zero-order valence-electron chi connectivity index (χ0n) is 10.6. The van der Waals surface area contributed by atoms with Crippen LogP contribution >= 0.6 is 22.6 Å². The van der Waals surface area contributed by atoms with Gasteiger partial charge in [-0.1, -0.05) is 41.2 Å². The molecular formula is C13H23IO2. The fourth-order valence-electron chi connectivity index (χ4n) is 1.34. The lowest BCUT2D eigenvalue weighted by Crippen LogP contribution is -2.10. The summed E-state index contributed by atoms with van der Waals surface area (Å²) >= 11 is 2.29. The van der Waals surface area contributed by atoms with Crippen molar-refractivity contribution in [1.29, 1.82) is 0 Å². The highest BCUT2D eigenvalue weighted by Gasteiger charge is 2.09. The molecule has 0 N–H and O–H groups in total. The first kappa shape index (κ1) is 15.9. The third kappa shape index (κ3) is 10.5. The summed E-state index contributed by atoms with van der Waals surface area (Å²) in [5.74, 6) is 0.372. The van der Waals surface area contributed by atoms with E-state index in [1.54, 1.807) is 0 Å². The fraction of sp³-hybridized carbons (Fsp3) is 0.769. The molecule has 0 bridgehead atoms. The number of ether oxygens (including phenoxy) is 1. The van der Waals surface area contributed by atoms with E-state index in [0.29, 0.717) is 18.9 Å². The van der Waals surface area contributed by atoms with Crippen LogP contribution in [0.1, 0.15) is 46.5 Å². The van der Waals surface area contributed by atoms with E-state index in [1.165, 1.54) is 5.57 Å². The van der Waals surface area contributed by atoms with E-state index >= 15 is 0 Å². The summed E-state index contributed by atoms with van der Waals surface area (Å²) in [7, 11) is 0. The number of alkyl halides is 1. The molecule has 0 aliphatic carbocycles. The molecule has 3 heteroatoms. The second-order valence-electron chi connectivity index (χ2n) is 4.43. The van der Waals surface area contributed by atoms with Crippen molar-refractivity contribution < 1.29 is 9.53 Å². The number of halogens is 1. The molecule has 0 amide bonds. The molecule has 16 heavy (non-hydrogen) atoms. The van der Waals surface area contributed by atoms with Crippen LogP contribution in [0.25, 0.3) is 0 Å². The van der Waals surface area contributed by atoms with Gasteiger partial charge in [0.15, 0.2) is 0 Å². The quantitative estimate of drug-likeness (QED) is 0.219. The van der Waals surface area contributed by atoms with Crippen LogP contribution in [0.5, 0.6) is 0 Å². The monoisotopic (exact) mass is 338 g/mol. The van der Waals surface area contributed by atoms with Gasteiger partial charge in [-0.3, -0.25) is 4.79 Å². The van der Waals surface area contributed by atoms with Gasteiger partial charge in [0.05, 0.1) is 6.61 Å². The first-order chi connectivity index (χ1) is 7.56. The lowest BCUT2D eigenvalue weighted by molar-refractivity contribution is -0.144. The summed E-state index contributed by atoms with van der Waals surface area (Å²) in [6.07, 6.45) is 5.85. The van der Waals surface area contributed by atoms with E-state index in [1.807, 2.05) is 0 Å². The Labute approximate surface area is 113 Å². The molecule has 0 aromatic rings. The molecule has 0 fully saturated rings. The molecule has 1 atom stereocenters. The minimum atomic E-state index is -0.0467. The minimum Gasteiger partial charge on any atom is -0.466 e. The van der Waals surface area contributed by atoms with E-state index in [2.05, 4.69) is 49.4 Å². The van der Waals surface area contributed by atoms with Crippen molar-refractivity contribution in [3.8, 4) is 0 Å². The van der Waals surface area contributed by atoms with Gasteiger partial charge in [-0.2, -0.15) is 0 Å². The van der Waals surface area contributed by atoms with Crippen LogP contribution in [-0.2, 0) is 9.53 Å². The summed E-state index contributed by atoms with van der Waals surface area (Å²) in [6, 6.07) is 0. The Balaban J connectivity index is 3.58. The predicted octanol–water partition coefficient (Wildman–Crippen LogP) is 4.13. The Kier molecular flexibility index (Phi) is 10.1. The maximum absolute atomic E-state index is 11.4. The zero-order chi connectivity index (χ0) is 12.4. The molecular weight excluding hydrogens is 315 g/mol. The smallest absolute Gasteiger partial charge is 0.306 e. The van der Waals surface area contributed by atoms with Crippen LogP contribution in [0.3, 0.4) is 0 Å². The third-order valence-corrected chi connectivity index (χ3v) is 3.03. The van der Waals surface area contributed by atoms with Gasteiger partial charge in [-0.05, 0) is 39.0 Å². The molecule has 0 aliphatic rings. The highest BCUT2D eigenvalue weighted by atomic mass is 127. The summed E-state index contributed by atoms with van der Waals surface area (Å²) in [6.45, 7) is 6.88. The first-order valence-electron chi connectivity index (χ1n) is 5.91. The number of carbonyl (C=O) groups excluding carboxylic acids is 1. The molecule has 2 nitrogen and oxygen atoms in total. The summed E-state index contributed by atoms with van der Waals surface area (Å²) in [5.41, 5.74) is 1.34. The summed E-state index contributed by atoms with van der Waals surface area (Å²) in [4.78, 5) is 11.4. The maximum atomic E-state index is 11.4. The second-order valence-corrected chi connectivity index (χ2v) is 5.51. The number of hydrogen-bond acceptors (Lipinski definition) is 2. The Morgan fingerprint density at radius 1 is 1.44 bits per heavy atom. The van der Waals surface area contributed by atoms with Gasteiger partial charge in [0.1, 0.15) is 0 Å². The van der Waals surface area contributed by atoms with Gasteiger partial charge in [-0.25, -0.2) is 0 Å². The zero-order valence-corrected chi connectivity index (χ0v) is 12.7. The molecule has 0 radical (unpaired) electrons. The van der Waals surface area contributed by atoms with E-state index in [0.717, 1.165) is 23.7 Å². The van der Waals surface area contributed by atoms with Crippen molar-refractivity contribution in [2.45, 2.75) is 46.5 Å². The van der Waals surface area contributed by atoms with Gasteiger partial charge in [0, 0.05) is 10.8 Å². The molecule has 0 heterocycles. The van der Waals surface area contributed by atoms with Crippen molar-refractivity contribution in [2.24, 2.45) is 5.92 Å². The number of rotatable bonds is 8. The van der Waals surface area contributed by atoms with Crippen LogP contribution < -0.4 is 0 Å². The third-order valence-electron chi connectivity index (χ3n) is 2.27. The van der Waals surface area contributed by atoms with E-state index in [-0.39, 0.29) is 5.97 Å². The molecule has 1 unspecified atom stereocenters. The van der Waals surface area contributed by atoms with E-state index < -0.39 is 0 Å². The average Bonchev–Trinajstić information content (AvgIpc) is 2.17. The van der Waals surface area contributed by atoms with Crippen molar-refractivity contribution in [3.63, 3.8) is 0 Å². The molecule has 0 aromatic heterocycles. The highest BCUT2D eigenvalue weighted by molar-refractivity contribution is 14.1. The van der Waals surface area contributed by atoms with E-state index in [9.17, 15) is 4.79 Å². The molecule has 0 aromatic carbocycles. The van der Waals surface area contributed by atoms with Gasteiger partial charge in [0.2, 0.25) is 0 Å². The van der Waals surface area contributed by atoms with Gasteiger partial charge >= 0.3 is 5.97 Å². The second kappa shape index (κ2) is 10.1. The predicted molar refractivity (Wildman–Crippen MR) is 76.9 cm³/mol. The molecule has 94 valence electrons. The summed E-state index contributed by atoms with van der Waals surface area (Å²) < 4.78 is 6.16. The van der Waals surface area contributed by atoms with Crippen LogP contribution in [0, 0.1) is 5.92 Å². The molecule has 0 spiro atoms. The average molecular weight is 338 g/mol. The van der Waals surface area contributed by atoms with Crippen LogP contribution in [0.15, 0.2) is 11.6 Å². The van der Waals surface area contributed by atoms with Crippen molar-refractivity contribution >= 4 is 28.6 Å². The number of esters is 1. The Morgan fingerprint density at radius 3 is 2.69 bits per heavy atom. The lowest BCUT2D eigenvalue weighted by atomic mass is 10.0. The standard InChI is InChI=1S/C13H23IO2/c1-11(2)6-4-7-12(3)10-13(15)16-9-5-8-14/h6,12H,4-5,7-10H2,1-3H3. The van der Waals surface area contributed by atoms with Crippen LogP contribution in [-0.4, -0.2) is 17.0 Å². The Hall–Kier alpha value is -0.0600. The molecule has 0 saturated carbocycles. The van der Waals surface area contributed by atoms with E-state index in [4.69, 9.17) is 4.74 Å². The van der Waals surface area contributed by atoms with Crippen LogP contribution in [0.2, 0.25) is 0 Å². The largest absolute Gasteiger partial charge is 0.466 e. The highest BCUT2D eigenvalue weighted by Crippen LogP contribution is 2.12. The lowest BCUT2D eigenvalue weighted by Gasteiger charge is -2.09. The normalized spacial score (nSPS) is 12.0. The molecule has 0 rings (SSSR count). The Morgan fingerprint density at radius 2 is 2.12 bits per heavy atom. The molecule has 0 aliphatic heterocycles. The topological polar surface area (TPSA) is 26.3 Å². The number of carbonyl (C=O) groups is 1. The van der Waals surface area contributed by atoms with Gasteiger partial charge < -0.3 is 4.74 Å². The number of hydrogen-bond donors (Lipinski definition) is 0. The summed E-state index contributed by atoms with van der Waals surface area (Å²) in [5, 5.41) is 0. The SMILES string of the molecule is CC(C)=CCCC(C)CC(=O)OCCCI. The van der Waals surface area contributed by atoms with Crippen molar-refractivity contribution in [1.82, 2.24) is 0 Å².